The minimum absolute atomic E-state index is 0.0162. The number of likely N-dealkylation sites (tertiary alicyclic amines) is 1. The molecule has 9 rings (SSSR count). The fourth-order valence-electron chi connectivity index (χ4n) is 9.71. The summed E-state index contributed by atoms with van der Waals surface area (Å²) in [6.07, 6.45) is 8.71. The first-order valence-electron chi connectivity index (χ1n) is 27.7. The van der Waals surface area contributed by atoms with Crippen molar-refractivity contribution >= 4 is 41.2 Å². The Balaban J connectivity index is 0.617. The van der Waals surface area contributed by atoms with Crippen LogP contribution in [0.2, 0.25) is 0 Å². The Morgan fingerprint density at radius 2 is 1.64 bits per heavy atom. The predicted octanol–water partition coefficient (Wildman–Crippen LogP) is 5.15. The molecule has 3 amide bonds. The maximum Gasteiger partial charge on any atom is 0.326 e. The zero-order valence-electron chi connectivity index (χ0n) is 47.8. The molecule has 2 N–H and O–H groups in total. The smallest absolute Gasteiger partial charge is 0.326 e. The molecule has 0 spiro atoms. The summed E-state index contributed by atoms with van der Waals surface area (Å²) >= 11 is 0. The van der Waals surface area contributed by atoms with Crippen LogP contribution in [0.4, 0.5) is 11.8 Å². The molecule has 440 valence electrons. The van der Waals surface area contributed by atoms with Gasteiger partial charge in [-0.3, -0.25) is 19.2 Å². The van der Waals surface area contributed by atoms with E-state index < -0.39 is 23.5 Å². The number of aromatic nitrogens is 8. The molecule has 25 heteroatoms. The van der Waals surface area contributed by atoms with Gasteiger partial charge in [-0.1, -0.05) is 38.1 Å². The summed E-state index contributed by atoms with van der Waals surface area (Å²) < 4.78 is 30.3. The highest BCUT2D eigenvalue weighted by atomic mass is 16.5. The van der Waals surface area contributed by atoms with Crippen molar-refractivity contribution in [2.24, 2.45) is 5.41 Å². The number of carbonyl (C=O) groups is 5. The van der Waals surface area contributed by atoms with Gasteiger partial charge in [0.15, 0.2) is 5.78 Å². The van der Waals surface area contributed by atoms with E-state index in [1.807, 2.05) is 62.3 Å². The number of carboxylic acids is 1. The lowest BCUT2D eigenvalue weighted by Crippen LogP contribution is -2.57. The molecular weight excluding hydrogens is 1080 g/mol. The molecule has 2 atom stereocenters. The molecule has 84 heavy (non-hydrogen) atoms. The summed E-state index contributed by atoms with van der Waals surface area (Å²) in [7, 11) is 0. The lowest BCUT2D eigenvalue weighted by molar-refractivity contribution is -0.145. The zero-order valence-corrected chi connectivity index (χ0v) is 47.8. The van der Waals surface area contributed by atoms with Gasteiger partial charge in [-0.15, -0.1) is 5.10 Å². The topological polar surface area (TPSA) is 296 Å². The zero-order chi connectivity index (χ0) is 59.5. The first kappa shape index (κ1) is 59.6. The molecule has 0 bridgehead atoms. The summed E-state index contributed by atoms with van der Waals surface area (Å²) in [4.78, 5) is 94.2. The van der Waals surface area contributed by atoms with Crippen LogP contribution < -0.4 is 24.6 Å². The van der Waals surface area contributed by atoms with Crippen molar-refractivity contribution in [2.45, 2.75) is 97.8 Å². The fraction of sp³-hybridized carbons (Fsp3) is 0.441. The fourth-order valence-corrected chi connectivity index (χ4v) is 9.71. The monoisotopic (exact) mass is 1150 g/mol. The number of amides is 3. The number of carboxylic acid groups (broad SMARTS) is 1. The number of hydrogen-bond acceptors (Lipinski definition) is 20. The van der Waals surface area contributed by atoms with Crippen molar-refractivity contribution in [3.63, 3.8) is 0 Å². The molecule has 25 nitrogen and oxygen atoms in total. The second kappa shape index (κ2) is 26.5. The number of hydrogen-bond donors (Lipinski definition) is 2. The number of fused-ring (bicyclic) bond motifs is 1. The van der Waals surface area contributed by atoms with Gasteiger partial charge in [0.05, 0.1) is 74.7 Å². The lowest BCUT2D eigenvalue weighted by atomic mass is 9.88. The first-order valence-corrected chi connectivity index (χ1v) is 27.7. The van der Waals surface area contributed by atoms with Gasteiger partial charge in [0.25, 0.3) is 5.91 Å². The maximum absolute atomic E-state index is 13.5. The van der Waals surface area contributed by atoms with E-state index in [0.29, 0.717) is 109 Å². The van der Waals surface area contributed by atoms with Crippen LogP contribution in [0.15, 0.2) is 91.6 Å². The minimum Gasteiger partial charge on any atom is -0.487 e. The van der Waals surface area contributed by atoms with Crippen LogP contribution in [0, 0.1) is 16.7 Å². The molecule has 6 aromatic rings. The summed E-state index contributed by atoms with van der Waals surface area (Å²) in [5.41, 5.74) is 2.59. The van der Waals surface area contributed by atoms with Gasteiger partial charge in [-0.25, -0.2) is 34.4 Å². The third kappa shape index (κ3) is 15.0. The number of carbonyl (C=O) groups excluding carboxylic acids is 4. The number of rotatable bonds is 25. The lowest BCUT2D eigenvalue weighted by Gasteiger charge is -2.39. The number of piperazine rings is 1. The molecule has 3 aliphatic rings. The van der Waals surface area contributed by atoms with Crippen molar-refractivity contribution in [1.82, 2.24) is 55.0 Å². The molecule has 3 aliphatic heterocycles. The van der Waals surface area contributed by atoms with Crippen LogP contribution in [-0.2, 0) is 48.3 Å². The Morgan fingerprint density at radius 1 is 0.881 bits per heavy atom. The van der Waals surface area contributed by atoms with Gasteiger partial charge < -0.3 is 53.7 Å². The van der Waals surface area contributed by atoms with E-state index in [2.05, 4.69) is 41.6 Å². The third-order valence-corrected chi connectivity index (χ3v) is 14.5. The Bertz CT molecular complexity index is 3360. The minimum atomic E-state index is -1.09. The predicted molar refractivity (Wildman–Crippen MR) is 303 cm³/mol. The number of anilines is 2. The normalized spacial score (nSPS) is 16.2. The summed E-state index contributed by atoms with van der Waals surface area (Å²) in [6, 6.07) is 18.2. The first-order chi connectivity index (χ1) is 40.3. The number of nitrogens with one attached hydrogen (secondary N) is 1. The highest BCUT2D eigenvalue weighted by Crippen LogP contribution is 2.40. The van der Waals surface area contributed by atoms with E-state index >= 15 is 0 Å². The van der Waals surface area contributed by atoms with Crippen molar-refractivity contribution in [1.29, 1.82) is 5.26 Å². The maximum atomic E-state index is 13.5. The standard InChI is InChI=1S/C59H68N14O11/c1-38-30-69(57-63-28-41(29-64-57)47-14-13-46-53(76)59(5,6)73(54(46)65-47)31-40-9-8-18-61-49(40)26-60)19-20-72(38)51(74)35-71-32-42(67-68-71)36-81-23-21-80-22-24-82-37-52(75)70-33-45(34-70)83-43-10-7-11-44(25-43)84-50-15-12-39(27-62-50)55(77)66-48(56(78)79)16-17-58(2,3)4/h7-15,18,25,27-29,32,38,45,48H,16-17,19-24,30-31,33-37H2,1-6H3,(H,66,77)(H,78,79)/t38-,48+/m1/s1. The van der Waals surface area contributed by atoms with E-state index in [1.54, 1.807) is 72.2 Å². The van der Waals surface area contributed by atoms with E-state index in [-0.39, 0.29) is 92.7 Å². The van der Waals surface area contributed by atoms with Crippen LogP contribution in [-0.4, -0.2) is 174 Å². The van der Waals surface area contributed by atoms with Gasteiger partial charge in [-0.2, -0.15) is 5.26 Å². The van der Waals surface area contributed by atoms with Gasteiger partial charge in [0, 0.05) is 80.3 Å². The Kier molecular flexibility index (Phi) is 18.8. The molecule has 1 aromatic carbocycles. The van der Waals surface area contributed by atoms with Crippen LogP contribution >= 0.6 is 0 Å². The van der Waals surface area contributed by atoms with Crippen LogP contribution in [0.5, 0.6) is 17.4 Å². The van der Waals surface area contributed by atoms with Crippen molar-refractivity contribution in [3.05, 3.63) is 120 Å². The van der Waals surface area contributed by atoms with Gasteiger partial charge in [0.2, 0.25) is 23.6 Å². The SMILES string of the molecule is C[C@@H]1CN(c2ncc(-c3ccc4c(n3)N(Cc3cccnc3C#N)C(C)(C)C4=O)cn2)CCN1C(=O)Cn1cc(COCCOCCOCC(=O)N2CC(Oc3cccc(Oc4ccc(C(=O)N[C@@H](CCC(C)(C)C)C(=O)O)cn4)c3)C2)nn1. The largest absolute Gasteiger partial charge is 0.487 e. The van der Waals surface area contributed by atoms with Crippen LogP contribution in [0.3, 0.4) is 0 Å². The van der Waals surface area contributed by atoms with E-state index in [9.17, 15) is 34.3 Å². The molecule has 0 radical (unpaired) electrons. The number of aliphatic carboxylic acids is 1. The highest BCUT2D eigenvalue weighted by Gasteiger charge is 2.45. The quantitative estimate of drug-likeness (QED) is 0.0700. The summed E-state index contributed by atoms with van der Waals surface area (Å²) in [6.45, 7) is 15.5. The van der Waals surface area contributed by atoms with Gasteiger partial charge in [0.1, 0.15) is 60.1 Å². The Hall–Kier alpha value is -8.99. The number of benzene rings is 1. The third-order valence-electron chi connectivity index (χ3n) is 14.5. The van der Waals surface area contributed by atoms with Crippen molar-refractivity contribution in [3.8, 4) is 34.7 Å². The second-order valence-electron chi connectivity index (χ2n) is 22.4. The number of Topliss-reactive ketones (excluding diaryl/α,β-unsaturated/α-hetero) is 1. The number of ketones is 1. The van der Waals surface area contributed by atoms with Crippen molar-refractivity contribution < 1.29 is 52.8 Å². The molecule has 2 saturated heterocycles. The van der Waals surface area contributed by atoms with Crippen LogP contribution in [0.25, 0.3) is 11.3 Å². The molecular formula is C59H68N14O11. The van der Waals surface area contributed by atoms with E-state index in [4.69, 9.17) is 28.7 Å². The molecule has 0 saturated carbocycles. The van der Waals surface area contributed by atoms with E-state index in [1.165, 1.54) is 23.0 Å². The number of nitriles is 1. The van der Waals surface area contributed by atoms with Crippen molar-refractivity contribution in [2.75, 3.05) is 75.6 Å². The average Bonchev–Trinajstić information content (AvgIpc) is 2.19. The van der Waals surface area contributed by atoms with E-state index in [0.717, 1.165) is 0 Å². The molecule has 2 fully saturated rings. The van der Waals surface area contributed by atoms with Crippen LogP contribution in [0.1, 0.15) is 92.1 Å². The highest BCUT2D eigenvalue weighted by molar-refractivity contribution is 6.13. The number of nitrogens with zero attached hydrogens (tertiary/aromatic N) is 13. The second-order valence-corrected chi connectivity index (χ2v) is 22.4. The molecule has 8 heterocycles. The number of pyridine rings is 3. The van der Waals surface area contributed by atoms with Gasteiger partial charge in [-0.05, 0) is 75.4 Å². The summed E-state index contributed by atoms with van der Waals surface area (Å²) in [5.74, 6) is 0.329. The molecule has 0 unspecified atom stereocenters. The van der Waals surface area contributed by atoms with Gasteiger partial charge >= 0.3 is 5.97 Å². The Morgan fingerprint density at radius 3 is 2.37 bits per heavy atom. The average molecular weight is 1150 g/mol. The molecule has 0 aliphatic carbocycles. The Labute approximate surface area is 485 Å². The number of ether oxygens (including phenoxy) is 5. The summed E-state index contributed by atoms with van der Waals surface area (Å²) in [5, 5.41) is 30.1. The molecule has 5 aromatic heterocycles.